The van der Waals surface area contributed by atoms with Gasteiger partial charge in [0.15, 0.2) is 0 Å². The first-order valence-electron chi connectivity index (χ1n) is 8.90. The Bertz CT molecular complexity index is 1070. The molecular formula is C22H22N4O2S. The number of thioether (sulfide) groups is 1. The minimum Gasteiger partial charge on any atom is -0.497 e. The summed E-state index contributed by atoms with van der Waals surface area (Å²) in [5.41, 5.74) is 8.91. The number of allylic oxidation sites excluding steroid dienone is 1. The molecule has 2 aromatic carbocycles. The summed E-state index contributed by atoms with van der Waals surface area (Å²) in [7, 11) is 1.60. The van der Waals surface area contributed by atoms with Crippen molar-refractivity contribution in [1.29, 1.82) is 0 Å². The zero-order valence-electron chi connectivity index (χ0n) is 16.2. The molecule has 29 heavy (non-hydrogen) atoms. The molecule has 7 heteroatoms. The topological polar surface area (TPSA) is 93.0 Å². The number of amides is 1. The molecule has 1 amide bonds. The number of nitrogens with zero attached hydrogens (tertiary/aromatic N) is 1. The number of benzene rings is 2. The van der Waals surface area contributed by atoms with Crippen LogP contribution in [0.25, 0.3) is 22.6 Å². The number of imidazole rings is 1. The molecular weight excluding hydrogens is 384 g/mol. The zero-order valence-corrected chi connectivity index (χ0v) is 17.0. The number of nitrogens with one attached hydrogen (secondary N) is 2. The van der Waals surface area contributed by atoms with Crippen molar-refractivity contribution < 1.29 is 9.53 Å². The fraction of sp³-hybridized carbons (Fsp3) is 0.0909. The van der Waals surface area contributed by atoms with Crippen LogP contribution in [0.15, 0.2) is 71.6 Å². The van der Waals surface area contributed by atoms with Crippen LogP contribution in [0.2, 0.25) is 0 Å². The third-order valence-electron chi connectivity index (χ3n) is 4.03. The monoisotopic (exact) mass is 406 g/mol. The van der Waals surface area contributed by atoms with Crippen molar-refractivity contribution in [1.82, 2.24) is 15.3 Å². The largest absolute Gasteiger partial charge is 0.497 e. The summed E-state index contributed by atoms with van der Waals surface area (Å²) in [5.74, 6) is 0.898. The van der Waals surface area contributed by atoms with Gasteiger partial charge in [-0.25, -0.2) is 4.98 Å². The van der Waals surface area contributed by atoms with Gasteiger partial charge < -0.3 is 20.8 Å². The van der Waals surface area contributed by atoms with Gasteiger partial charge in [0.1, 0.15) is 23.0 Å². The van der Waals surface area contributed by atoms with Gasteiger partial charge in [-0.2, -0.15) is 0 Å². The van der Waals surface area contributed by atoms with E-state index in [1.165, 1.54) is 11.8 Å². The van der Waals surface area contributed by atoms with E-state index < -0.39 is 0 Å². The first-order valence-corrected chi connectivity index (χ1v) is 9.78. The van der Waals surface area contributed by atoms with Crippen LogP contribution in [-0.2, 0) is 0 Å². The van der Waals surface area contributed by atoms with Gasteiger partial charge >= 0.3 is 0 Å². The van der Waals surface area contributed by atoms with E-state index >= 15 is 0 Å². The number of H-pyrrole nitrogens is 1. The van der Waals surface area contributed by atoms with Crippen LogP contribution in [0.5, 0.6) is 5.75 Å². The molecule has 1 aromatic heterocycles. The number of hydrogen-bond donors (Lipinski definition) is 3. The first kappa shape index (κ1) is 20.3. The number of nitrogen functional groups attached to an aromatic ring is 1. The maximum Gasteiger partial charge on any atom is 0.274 e. The van der Waals surface area contributed by atoms with Gasteiger partial charge in [-0.1, -0.05) is 48.7 Å². The fourth-order valence-electron chi connectivity index (χ4n) is 2.71. The first-order chi connectivity index (χ1) is 14.0. The Morgan fingerprint density at radius 1 is 1.24 bits per heavy atom. The van der Waals surface area contributed by atoms with E-state index in [4.69, 9.17) is 10.5 Å². The average Bonchev–Trinajstić information content (AvgIpc) is 3.18. The number of carbonyl (C=O) groups excluding carboxylic acids is 1. The van der Waals surface area contributed by atoms with Crippen molar-refractivity contribution in [2.24, 2.45) is 0 Å². The molecule has 3 aromatic rings. The highest BCUT2D eigenvalue weighted by molar-refractivity contribution is 8.05. The number of anilines is 1. The lowest BCUT2D eigenvalue weighted by Crippen LogP contribution is -2.21. The van der Waals surface area contributed by atoms with Crippen molar-refractivity contribution in [3.8, 4) is 28.4 Å². The molecule has 0 aliphatic carbocycles. The molecule has 0 saturated carbocycles. The average molecular weight is 407 g/mol. The summed E-state index contributed by atoms with van der Waals surface area (Å²) < 4.78 is 5.31. The third kappa shape index (κ3) is 4.89. The molecule has 3 rings (SSSR count). The Morgan fingerprint density at radius 2 is 2.00 bits per heavy atom. The Kier molecular flexibility index (Phi) is 6.41. The van der Waals surface area contributed by atoms with Crippen molar-refractivity contribution in [3.05, 3.63) is 77.3 Å². The van der Waals surface area contributed by atoms with E-state index in [2.05, 4.69) is 21.9 Å². The summed E-state index contributed by atoms with van der Waals surface area (Å²) in [6, 6.07) is 14.7. The number of nitrogens with two attached hydrogens (primary N) is 1. The number of hydrogen-bond acceptors (Lipinski definition) is 5. The summed E-state index contributed by atoms with van der Waals surface area (Å²) in [4.78, 5) is 20.8. The number of aromatic amines is 1. The lowest BCUT2D eigenvalue weighted by molar-refractivity contribution is 0.0965. The van der Waals surface area contributed by atoms with Crippen molar-refractivity contribution in [2.75, 3.05) is 12.8 Å². The second-order valence-corrected chi connectivity index (χ2v) is 7.13. The predicted octanol–water partition coefficient (Wildman–Crippen LogP) is 4.80. The number of carbonyl (C=O) groups is 1. The quantitative estimate of drug-likeness (QED) is 0.490. The van der Waals surface area contributed by atoms with Crippen LogP contribution in [0.3, 0.4) is 0 Å². The minimum atomic E-state index is -0.326. The summed E-state index contributed by atoms with van der Waals surface area (Å²) >= 11 is 1.33. The highest BCUT2D eigenvalue weighted by Crippen LogP contribution is 2.29. The van der Waals surface area contributed by atoms with E-state index in [1.54, 1.807) is 19.2 Å². The maximum atomic E-state index is 12.9. The van der Waals surface area contributed by atoms with Gasteiger partial charge in [-0.05, 0) is 36.6 Å². The smallest absolute Gasteiger partial charge is 0.274 e. The van der Waals surface area contributed by atoms with Gasteiger partial charge in [0.2, 0.25) is 0 Å². The number of methoxy groups -OCH3 is 1. The SMILES string of the molecule is C=C(NC(=O)c1[nH]c(-c2cccc(N)c2)nc1-c1cccc(OC)c1)S/C=C\C. The van der Waals surface area contributed by atoms with Gasteiger partial charge in [-0.15, -0.1) is 0 Å². The van der Waals surface area contributed by atoms with Gasteiger partial charge in [0.05, 0.1) is 12.1 Å². The predicted molar refractivity (Wildman–Crippen MR) is 119 cm³/mol. The summed E-state index contributed by atoms with van der Waals surface area (Å²) in [5, 5.41) is 5.16. The highest BCUT2D eigenvalue weighted by Gasteiger charge is 2.20. The lowest BCUT2D eigenvalue weighted by Gasteiger charge is -2.07. The minimum absolute atomic E-state index is 0.326. The zero-order chi connectivity index (χ0) is 20.8. The normalized spacial score (nSPS) is 10.8. The van der Waals surface area contributed by atoms with Crippen LogP contribution in [0.4, 0.5) is 5.69 Å². The molecule has 0 bridgehead atoms. The van der Waals surface area contributed by atoms with Crippen LogP contribution >= 0.6 is 11.8 Å². The summed E-state index contributed by atoms with van der Waals surface area (Å²) in [6.45, 7) is 5.77. The van der Waals surface area contributed by atoms with E-state index in [-0.39, 0.29) is 5.91 Å². The van der Waals surface area contributed by atoms with Gasteiger partial charge in [0.25, 0.3) is 5.91 Å². The molecule has 1 heterocycles. The fourth-order valence-corrected chi connectivity index (χ4v) is 3.16. The number of aromatic nitrogens is 2. The number of rotatable bonds is 7. The van der Waals surface area contributed by atoms with E-state index in [0.29, 0.717) is 33.7 Å². The molecule has 0 fully saturated rings. The Morgan fingerprint density at radius 3 is 2.72 bits per heavy atom. The highest BCUT2D eigenvalue weighted by atomic mass is 32.2. The standard InChI is InChI=1S/C22H22N4O2S/c1-4-11-29-14(2)24-22(27)20-19(15-7-6-10-18(13-15)28-3)25-21(26-20)16-8-5-9-17(23)12-16/h4-13H,2,23H2,1,3H3,(H,24,27)(H,25,26)/b11-4-. The molecule has 0 unspecified atom stereocenters. The van der Waals surface area contributed by atoms with E-state index in [0.717, 1.165) is 11.1 Å². The maximum absolute atomic E-state index is 12.9. The molecule has 0 spiro atoms. The Hall–Kier alpha value is -3.45. The van der Waals surface area contributed by atoms with Crippen molar-refractivity contribution in [3.63, 3.8) is 0 Å². The van der Waals surface area contributed by atoms with E-state index in [9.17, 15) is 4.79 Å². The van der Waals surface area contributed by atoms with Gasteiger partial charge in [0, 0.05) is 16.8 Å². The Labute approximate surface area is 173 Å². The van der Waals surface area contributed by atoms with Crippen molar-refractivity contribution >= 4 is 23.4 Å². The molecule has 0 radical (unpaired) electrons. The van der Waals surface area contributed by atoms with E-state index in [1.807, 2.05) is 54.8 Å². The molecule has 0 aliphatic heterocycles. The summed E-state index contributed by atoms with van der Waals surface area (Å²) in [6.07, 6.45) is 1.87. The molecule has 148 valence electrons. The van der Waals surface area contributed by atoms with Crippen LogP contribution in [0, 0.1) is 0 Å². The third-order valence-corrected chi connectivity index (χ3v) is 4.83. The van der Waals surface area contributed by atoms with Crippen molar-refractivity contribution in [2.45, 2.75) is 6.92 Å². The lowest BCUT2D eigenvalue weighted by atomic mass is 10.1. The molecule has 6 nitrogen and oxygen atoms in total. The number of ether oxygens (including phenoxy) is 1. The molecule has 0 saturated heterocycles. The van der Waals surface area contributed by atoms with Crippen LogP contribution < -0.4 is 15.8 Å². The van der Waals surface area contributed by atoms with Crippen LogP contribution in [-0.4, -0.2) is 23.0 Å². The second kappa shape index (κ2) is 9.16. The molecule has 0 aliphatic rings. The molecule has 4 N–H and O–H groups in total. The Balaban J connectivity index is 2.04. The van der Waals surface area contributed by atoms with Gasteiger partial charge in [-0.3, -0.25) is 4.79 Å². The molecule has 0 atom stereocenters. The van der Waals surface area contributed by atoms with Crippen LogP contribution in [0.1, 0.15) is 17.4 Å². The second-order valence-electron chi connectivity index (χ2n) is 6.13.